The molecule has 0 aliphatic carbocycles. The molecule has 2 atom stereocenters. The van der Waals surface area contributed by atoms with E-state index < -0.39 is 0 Å². The topological polar surface area (TPSA) is 26.0 Å². The van der Waals surface area contributed by atoms with Crippen molar-refractivity contribution >= 4 is 11.8 Å². The molecule has 0 amide bonds. The van der Waals surface area contributed by atoms with Gasteiger partial charge in [0.2, 0.25) is 0 Å². The van der Waals surface area contributed by atoms with Crippen LogP contribution in [0.2, 0.25) is 0 Å². The number of hydrogen-bond acceptors (Lipinski definition) is 2. The molecule has 0 spiro atoms. The molecule has 1 aromatic rings. The summed E-state index contributed by atoms with van der Waals surface area (Å²) in [6.07, 6.45) is 1.17. The Kier molecular flexibility index (Phi) is 3.08. The van der Waals surface area contributed by atoms with Crippen molar-refractivity contribution in [1.82, 2.24) is 0 Å². The van der Waals surface area contributed by atoms with Gasteiger partial charge >= 0.3 is 0 Å². The van der Waals surface area contributed by atoms with E-state index >= 15 is 0 Å². The van der Waals surface area contributed by atoms with Crippen LogP contribution in [-0.4, -0.2) is 5.25 Å². The molecule has 2 unspecified atom stereocenters. The molecule has 15 heavy (non-hydrogen) atoms. The third-order valence-corrected chi connectivity index (χ3v) is 4.74. The second-order valence-corrected chi connectivity index (χ2v) is 5.67. The Morgan fingerprint density at radius 3 is 2.80 bits per heavy atom. The average molecular weight is 221 g/mol. The number of benzene rings is 1. The molecular weight excluding hydrogens is 202 g/mol. The van der Waals surface area contributed by atoms with Crippen molar-refractivity contribution in [1.29, 1.82) is 0 Å². The van der Waals surface area contributed by atoms with E-state index in [4.69, 9.17) is 5.73 Å². The molecule has 1 aromatic carbocycles. The Hall–Kier alpha value is -0.470. The van der Waals surface area contributed by atoms with E-state index in [0.29, 0.717) is 5.25 Å². The van der Waals surface area contributed by atoms with Crippen LogP contribution in [0, 0.1) is 13.8 Å². The first kappa shape index (κ1) is 11.0. The first-order valence-electron chi connectivity index (χ1n) is 5.60. The number of thioether (sulfide) groups is 1. The predicted molar refractivity (Wildman–Crippen MR) is 68.2 cm³/mol. The quantitative estimate of drug-likeness (QED) is 0.787. The van der Waals surface area contributed by atoms with E-state index in [9.17, 15) is 0 Å². The summed E-state index contributed by atoms with van der Waals surface area (Å²) in [6.45, 7) is 6.58. The van der Waals surface area contributed by atoms with Crippen molar-refractivity contribution in [3.8, 4) is 0 Å². The molecule has 1 aliphatic rings. The van der Waals surface area contributed by atoms with Gasteiger partial charge in [-0.2, -0.15) is 11.8 Å². The third-order valence-electron chi connectivity index (χ3n) is 3.21. The minimum absolute atomic E-state index is 0.226. The smallest absolute Gasteiger partial charge is 0.0421 e. The maximum Gasteiger partial charge on any atom is 0.0421 e. The third kappa shape index (κ3) is 1.93. The van der Waals surface area contributed by atoms with E-state index in [2.05, 4.69) is 32.9 Å². The Labute approximate surface area is 96.4 Å². The lowest BCUT2D eigenvalue weighted by Crippen LogP contribution is -2.28. The summed E-state index contributed by atoms with van der Waals surface area (Å²) in [7, 11) is 0. The van der Waals surface area contributed by atoms with Gasteiger partial charge in [-0.15, -0.1) is 0 Å². The second kappa shape index (κ2) is 4.18. The van der Waals surface area contributed by atoms with Gasteiger partial charge in [-0.3, -0.25) is 0 Å². The normalized spacial score (nSPS) is 25.1. The minimum atomic E-state index is 0.226. The van der Waals surface area contributed by atoms with Gasteiger partial charge in [-0.25, -0.2) is 0 Å². The molecule has 82 valence electrons. The fourth-order valence-corrected chi connectivity index (χ4v) is 3.73. The van der Waals surface area contributed by atoms with Crippen LogP contribution in [0.15, 0.2) is 12.1 Å². The van der Waals surface area contributed by atoms with E-state index in [0.717, 1.165) is 5.75 Å². The molecule has 0 saturated heterocycles. The molecule has 2 heteroatoms. The molecule has 0 aromatic heterocycles. The summed E-state index contributed by atoms with van der Waals surface area (Å²) in [5.41, 5.74) is 11.9. The zero-order chi connectivity index (χ0) is 11.0. The lowest BCUT2D eigenvalue weighted by Gasteiger charge is -2.31. The zero-order valence-electron chi connectivity index (χ0n) is 9.71. The highest BCUT2D eigenvalue weighted by atomic mass is 32.2. The fourth-order valence-electron chi connectivity index (χ4n) is 2.52. The van der Waals surface area contributed by atoms with Crippen LogP contribution in [-0.2, 0) is 5.75 Å². The molecule has 1 aliphatic heterocycles. The zero-order valence-corrected chi connectivity index (χ0v) is 10.5. The molecule has 1 heterocycles. The Bertz CT molecular complexity index is 373. The molecule has 0 radical (unpaired) electrons. The number of fused-ring (bicyclic) bond motifs is 1. The van der Waals surface area contributed by atoms with E-state index in [-0.39, 0.29) is 6.04 Å². The van der Waals surface area contributed by atoms with Gasteiger partial charge in [0.05, 0.1) is 0 Å². The monoisotopic (exact) mass is 221 g/mol. The van der Waals surface area contributed by atoms with Crippen molar-refractivity contribution in [2.75, 3.05) is 0 Å². The fraction of sp³-hybridized carbons (Fsp3) is 0.538. The summed E-state index contributed by atoms with van der Waals surface area (Å²) in [4.78, 5) is 0. The highest BCUT2D eigenvalue weighted by Crippen LogP contribution is 2.39. The Morgan fingerprint density at radius 2 is 2.13 bits per heavy atom. The van der Waals surface area contributed by atoms with Gasteiger partial charge in [-0.1, -0.05) is 24.6 Å². The van der Waals surface area contributed by atoms with Crippen molar-refractivity contribution < 1.29 is 0 Å². The molecule has 1 nitrogen and oxygen atoms in total. The first-order chi connectivity index (χ1) is 7.13. The molecule has 2 rings (SSSR count). The summed E-state index contributed by atoms with van der Waals surface area (Å²) in [5, 5.41) is 0.596. The van der Waals surface area contributed by atoms with E-state index in [1.54, 1.807) is 0 Å². The van der Waals surface area contributed by atoms with Gasteiger partial charge in [-0.05, 0) is 37.0 Å². The summed E-state index contributed by atoms with van der Waals surface area (Å²) in [5.74, 6) is 1.13. The van der Waals surface area contributed by atoms with Gasteiger partial charge < -0.3 is 5.73 Å². The molecule has 2 N–H and O–H groups in total. The largest absolute Gasteiger partial charge is 0.323 e. The molecule has 0 bridgehead atoms. The van der Waals surface area contributed by atoms with Gasteiger partial charge in [0.25, 0.3) is 0 Å². The van der Waals surface area contributed by atoms with Gasteiger partial charge in [0.15, 0.2) is 0 Å². The number of rotatable bonds is 1. The summed E-state index contributed by atoms with van der Waals surface area (Å²) in [6, 6.07) is 4.77. The number of aryl methyl sites for hydroxylation is 2. The van der Waals surface area contributed by atoms with Gasteiger partial charge in [0, 0.05) is 17.0 Å². The van der Waals surface area contributed by atoms with Crippen molar-refractivity contribution in [2.24, 2.45) is 5.73 Å². The van der Waals surface area contributed by atoms with Crippen molar-refractivity contribution in [3.05, 3.63) is 34.4 Å². The highest BCUT2D eigenvalue weighted by molar-refractivity contribution is 7.99. The van der Waals surface area contributed by atoms with Crippen LogP contribution < -0.4 is 5.73 Å². The van der Waals surface area contributed by atoms with Crippen molar-refractivity contribution in [3.63, 3.8) is 0 Å². The lowest BCUT2D eigenvalue weighted by molar-refractivity contribution is 0.639. The molecule has 0 saturated carbocycles. The number of hydrogen-bond donors (Lipinski definition) is 1. The average Bonchev–Trinajstić information content (AvgIpc) is 2.17. The second-order valence-electron chi connectivity index (χ2n) is 4.44. The summed E-state index contributed by atoms with van der Waals surface area (Å²) >= 11 is 2.01. The van der Waals surface area contributed by atoms with Crippen molar-refractivity contribution in [2.45, 2.75) is 44.2 Å². The van der Waals surface area contributed by atoms with Crippen LogP contribution in [0.1, 0.15) is 41.6 Å². The van der Waals surface area contributed by atoms with Crippen LogP contribution in [0.5, 0.6) is 0 Å². The SMILES string of the molecule is CCC1SCc2cc(C)cc(C)c2C1N. The first-order valence-corrected chi connectivity index (χ1v) is 6.65. The maximum absolute atomic E-state index is 6.33. The minimum Gasteiger partial charge on any atom is -0.323 e. The van der Waals surface area contributed by atoms with E-state index in [1.807, 2.05) is 11.8 Å². The molecular formula is C13H19NS. The Balaban J connectivity index is 2.47. The van der Waals surface area contributed by atoms with Crippen LogP contribution in [0.4, 0.5) is 0 Å². The number of nitrogens with two attached hydrogens (primary N) is 1. The van der Waals surface area contributed by atoms with Crippen LogP contribution in [0.3, 0.4) is 0 Å². The Morgan fingerprint density at radius 1 is 1.40 bits per heavy atom. The maximum atomic E-state index is 6.33. The lowest BCUT2D eigenvalue weighted by atomic mass is 9.91. The van der Waals surface area contributed by atoms with E-state index in [1.165, 1.54) is 28.7 Å². The predicted octanol–water partition coefficient (Wildman–Crippen LogP) is 3.33. The van der Waals surface area contributed by atoms with Crippen LogP contribution >= 0.6 is 11.8 Å². The summed E-state index contributed by atoms with van der Waals surface area (Å²) < 4.78 is 0. The standard InChI is InChI=1S/C13H19NS/c1-4-11-13(14)12-9(3)5-8(2)6-10(12)7-15-11/h5-6,11,13H,4,7,14H2,1-3H3. The van der Waals surface area contributed by atoms with Crippen LogP contribution in [0.25, 0.3) is 0 Å². The van der Waals surface area contributed by atoms with Gasteiger partial charge in [0.1, 0.15) is 0 Å². The molecule has 0 fully saturated rings. The highest BCUT2D eigenvalue weighted by Gasteiger charge is 2.27.